The molecular weight excluding hydrogens is 146 g/mol. The fraction of sp³-hybridized carbons (Fsp3) is 0. The van der Waals surface area contributed by atoms with Crippen molar-refractivity contribution in [2.45, 2.75) is 0 Å². The van der Waals surface area contributed by atoms with Crippen LogP contribution in [0.4, 0.5) is 5.82 Å². The summed E-state index contributed by atoms with van der Waals surface area (Å²) in [5.41, 5.74) is 5.91. The molecule has 0 amide bonds. The Morgan fingerprint density at radius 3 is 3.00 bits per heavy atom. The van der Waals surface area contributed by atoms with E-state index in [-0.39, 0.29) is 0 Å². The fourth-order valence-electron chi connectivity index (χ4n) is 0.730. The zero-order valence-electron chi connectivity index (χ0n) is 5.48. The van der Waals surface area contributed by atoms with Crippen LogP contribution in [0.25, 0.3) is 11.5 Å². The Balaban J connectivity index is 2.45. The zero-order valence-corrected chi connectivity index (χ0v) is 5.48. The lowest BCUT2D eigenvalue weighted by atomic mass is 10.3. The molecule has 0 radical (unpaired) electrons. The van der Waals surface area contributed by atoms with Crippen LogP contribution in [0.3, 0.4) is 0 Å². The van der Waals surface area contributed by atoms with Crippen molar-refractivity contribution in [1.29, 1.82) is 0 Å². The van der Waals surface area contributed by atoms with Gasteiger partial charge in [-0.2, -0.15) is 15.4 Å². The van der Waals surface area contributed by atoms with Gasteiger partial charge in [0.2, 0.25) is 0 Å². The van der Waals surface area contributed by atoms with Crippen molar-refractivity contribution in [3.8, 4) is 11.5 Å². The molecule has 2 aromatic rings. The monoisotopic (exact) mass is 151 g/mol. The summed E-state index contributed by atoms with van der Waals surface area (Å²) in [6.45, 7) is 0. The fourth-order valence-corrected chi connectivity index (χ4v) is 0.730. The summed E-state index contributed by atoms with van der Waals surface area (Å²) >= 11 is 0. The van der Waals surface area contributed by atoms with Gasteiger partial charge < -0.3 is 10.3 Å². The largest absolute Gasteiger partial charge is 0.381 e. The molecule has 11 heavy (non-hydrogen) atoms. The van der Waals surface area contributed by atoms with E-state index in [1.54, 1.807) is 6.07 Å². The number of hydrogen-bond acceptors (Lipinski definition) is 5. The van der Waals surface area contributed by atoms with E-state index in [0.29, 0.717) is 17.3 Å². The zero-order chi connectivity index (χ0) is 7.68. The maximum atomic E-state index is 5.32. The van der Waals surface area contributed by atoms with E-state index >= 15 is 0 Å². The highest BCUT2D eigenvalue weighted by Crippen LogP contribution is 2.16. The van der Waals surface area contributed by atoms with Crippen LogP contribution in [-0.4, -0.2) is 20.6 Å². The molecule has 0 aliphatic carbocycles. The minimum atomic E-state index is 0.336. The summed E-state index contributed by atoms with van der Waals surface area (Å²) in [7, 11) is 0. The molecule has 2 aromatic heterocycles. The molecule has 0 aliphatic rings. The Bertz CT molecular complexity index is 337. The average molecular weight is 151 g/mol. The van der Waals surface area contributed by atoms with Gasteiger partial charge in [-0.05, 0) is 0 Å². The van der Waals surface area contributed by atoms with Crippen LogP contribution in [-0.2, 0) is 0 Å². The predicted octanol–water partition coefficient (Wildman–Crippen LogP) is 0.0419. The Labute approximate surface area is 61.4 Å². The molecule has 0 bridgehead atoms. The summed E-state index contributed by atoms with van der Waals surface area (Å²) in [5.74, 6) is 0.847. The lowest BCUT2D eigenvalue weighted by Gasteiger charge is -1.79. The second-order valence-electron chi connectivity index (χ2n) is 1.97. The number of nitrogens with zero attached hydrogens (tertiary/aromatic N) is 3. The van der Waals surface area contributed by atoms with Gasteiger partial charge in [0.15, 0.2) is 17.3 Å². The number of nitrogens with two attached hydrogens (primary N) is 1. The first-order chi connectivity index (χ1) is 5.36. The number of anilines is 1. The van der Waals surface area contributed by atoms with Crippen molar-refractivity contribution in [3.05, 3.63) is 12.3 Å². The van der Waals surface area contributed by atoms with Gasteiger partial charge in [-0.15, -0.1) is 0 Å². The van der Waals surface area contributed by atoms with Gasteiger partial charge in [-0.25, -0.2) is 0 Å². The first-order valence-electron chi connectivity index (χ1n) is 2.94. The first kappa shape index (κ1) is 5.90. The maximum Gasteiger partial charge on any atom is 0.190 e. The molecule has 6 nitrogen and oxygen atoms in total. The number of aromatic nitrogens is 4. The normalized spacial score (nSPS) is 10.2. The molecular formula is C5H5N5O. The number of hydrogen-bond donors (Lipinski definition) is 2. The van der Waals surface area contributed by atoms with Crippen molar-refractivity contribution < 1.29 is 4.52 Å². The van der Waals surface area contributed by atoms with Crippen LogP contribution in [0.2, 0.25) is 0 Å². The second-order valence-corrected chi connectivity index (χ2v) is 1.97. The summed E-state index contributed by atoms with van der Waals surface area (Å²) in [4.78, 5) is 0. The topological polar surface area (TPSA) is 93.6 Å². The SMILES string of the molecule is Nc1cc(-c2cn[nH]n2)on1. The van der Waals surface area contributed by atoms with Gasteiger partial charge in [0.25, 0.3) is 0 Å². The molecule has 0 atom stereocenters. The van der Waals surface area contributed by atoms with E-state index in [0.717, 1.165) is 0 Å². The minimum Gasteiger partial charge on any atom is -0.381 e. The Morgan fingerprint density at radius 2 is 2.45 bits per heavy atom. The van der Waals surface area contributed by atoms with Crippen molar-refractivity contribution in [2.24, 2.45) is 0 Å². The van der Waals surface area contributed by atoms with Gasteiger partial charge in [0, 0.05) is 6.07 Å². The van der Waals surface area contributed by atoms with Gasteiger partial charge in [-0.1, -0.05) is 5.16 Å². The van der Waals surface area contributed by atoms with E-state index in [1.807, 2.05) is 0 Å². The van der Waals surface area contributed by atoms with E-state index < -0.39 is 0 Å². The standard InChI is InChI=1S/C5H5N5O/c6-5-1-4(11-9-5)3-2-7-10-8-3/h1-2H,(H2,6,9)(H,7,8,10). The van der Waals surface area contributed by atoms with E-state index in [9.17, 15) is 0 Å². The van der Waals surface area contributed by atoms with Crippen LogP contribution < -0.4 is 5.73 Å². The highest BCUT2D eigenvalue weighted by molar-refractivity contribution is 5.53. The lowest BCUT2D eigenvalue weighted by Crippen LogP contribution is -1.79. The van der Waals surface area contributed by atoms with E-state index in [4.69, 9.17) is 10.3 Å². The molecule has 0 unspecified atom stereocenters. The first-order valence-corrected chi connectivity index (χ1v) is 2.94. The average Bonchev–Trinajstić information content (AvgIpc) is 2.55. The highest BCUT2D eigenvalue weighted by Gasteiger charge is 2.05. The Kier molecular flexibility index (Phi) is 1.12. The highest BCUT2D eigenvalue weighted by atomic mass is 16.5. The third kappa shape index (κ3) is 0.936. The van der Waals surface area contributed by atoms with Gasteiger partial charge in [-0.3, -0.25) is 0 Å². The number of nitrogen functional groups attached to an aromatic ring is 1. The van der Waals surface area contributed by atoms with Crippen LogP contribution >= 0.6 is 0 Å². The molecule has 0 aromatic carbocycles. The van der Waals surface area contributed by atoms with Gasteiger partial charge in [0.1, 0.15) is 0 Å². The smallest absolute Gasteiger partial charge is 0.190 e. The minimum absolute atomic E-state index is 0.336. The van der Waals surface area contributed by atoms with Crippen molar-refractivity contribution in [3.63, 3.8) is 0 Å². The molecule has 0 spiro atoms. The molecule has 0 aliphatic heterocycles. The predicted molar refractivity (Wildman–Crippen MR) is 36.3 cm³/mol. The van der Waals surface area contributed by atoms with E-state index in [1.165, 1.54) is 6.20 Å². The summed E-state index contributed by atoms with van der Waals surface area (Å²) < 4.78 is 4.81. The third-order valence-electron chi connectivity index (χ3n) is 1.20. The number of nitrogens with one attached hydrogen (secondary N) is 1. The third-order valence-corrected chi connectivity index (χ3v) is 1.20. The van der Waals surface area contributed by atoms with Crippen LogP contribution in [0.1, 0.15) is 0 Å². The number of H-pyrrole nitrogens is 1. The number of aromatic amines is 1. The summed E-state index contributed by atoms with van der Waals surface area (Å²) in [6, 6.07) is 1.58. The van der Waals surface area contributed by atoms with Crippen LogP contribution in [0.5, 0.6) is 0 Å². The van der Waals surface area contributed by atoms with Crippen LogP contribution in [0, 0.1) is 0 Å². The molecule has 6 heteroatoms. The Morgan fingerprint density at radius 1 is 1.55 bits per heavy atom. The van der Waals surface area contributed by atoms with E-state index in [2.05, 4.69) is 20.6 Å². The molecule has 2 heterocycles. The van der Waals surface area contributed by atoms with Crippen molar-refractivity contribution >= 4 is 5.82 Å². The van der Waals surface area contributed by atoms with Crippen LogP contribution in [0.15, 0.2) is 16.8 Å². The van der Waals surface area contributed by atoms with Crippen molar-refractivity contribution in [2.75, 3.05) is 5.73 Å². The van der Waals surface area contributed by atoms with Crippen molar-refractivity contribution in [1.82, 2.24) is 20.6 Å². The molecule has 0 fully saturated rings. The molecule has 56 valence electrons. The summed E-state index contributed by atoms with van der Waals surface area (Å²) in [6.07, 6.45) is 1.53. The van der Waals surface area contributed by atoms with Gasteiger partial charge in [0.05, 0.1) is 6.20 Å². The quantitative estimate of drug-likeness (QED) is 0.600. The molecule has 0 saturated heterocycles. The Hall–Kier alpha value is -1.85. The van der Waals surface area contributed by atoms with Gasteiger partial charge >= 0.3 is 0 Å². The maximum absolute atomic E-state index is 5.32. The molecule has 2 rings (SSSR count). The number of rotatable bonds is 1. The summed E-state index contributed by atoms with van der Waals surface area (Å²) in [5, 5.41) is 13.3. The molecule has 0 saturated carbocycles. The molecule has 3 N–H and O–H groups in total. The lowest BCUT2D eigenvalue weighted by molar-refractivity contribution is 0.434. The second kappa shape index (κ2) is 2.08.